The van der Waals surface area contributed by atoms with Crippen LogP contribution in [0.4, 0.5) is 4.39 Å². The summed E-state index contributed by atoms with van der Waals surface area (Å²) in [5.74, 6) is 0.232. The molecule has 0 radical (unpaired) electrons. The van der Waals surface area contributed by atoms with E-state index < -0.39 is 0 Å². The van der Waals surface area contributed by atoms with Crippen LogP contribution >= 0.6 is 11.8 Å². The lowest BCUT2D eigenvalue weighted by Crippen LogP contribution is -2.09. The second-order valence-corrected chi connectivity index (χ2v) is 8.21. The van der Waals surface area contributed by atoms with Crippen molar-refractivity contribution in [1.82, 2.24) is 24.7 Å². The van der Waals surface area contributed by atoms with Crippen molar-refractivity contribution in [2.45, 2.75) is 32.0 Å². The average Bonchev–Trinajstić information content (AvgIpc) is 3.33. The normalized spacial score (nSPS) is 12.7. The zero-order chi connectivity index (χ0) is 21.7. The summed E-state index contributed by atoms with van der Waals surface area (Å²) in [6.07, 6.45) is 5.50. The molecule has 31 heavy (non-hydrogen) atoms. The Labute approximate surface area is 182 Å². The van der Waals surface area contributed by atoms with Crippen LogP contribution in [0.2, 0.25) is 0 Å². The van der Waals surface area contributed by atoms with Gasteiger partial charge in [0.2, 0.25) is 0 Å². The first-order valence-corrected chi connectivity index (χ1v) is 11.1. The molecule has 156 valence electrons. The van der Waals surface area contributed by atoms with Gasteiger partial charge in [0.25, 0.3) is 0 Å². The van der Waals surface area contributed by atoms with Gasteiger partial charge in [-0.1, -0.05) is 23.0 Å². The number of benzene rings is 1. The van der Waals surface area contributed by atoms with Gasteiger partial charge < -0.3 is 9.09 Å². The van der Waals surface area contributed by atoms with Gasteiger partial charge in [-0.25, -0.2) is 9.37 Å². The number of hydrogen-bond donors (Lipinski definition) is 0. The number of aromatic nitrogens is 5. The molecular formula is C23H20FN5OS. The molecule has 5 aromatic rings. The van der Waals surface area contributed by atoms with Gasteiger partial charge in [0.05, 0.1) is 40.2 Å². The van der Waals surface area contributed by atoms with Gasteiger partial charge >= 0.3 is 0 Å². The van der Waals surface area contributed by atoms with Gasteiger partial charge in [0.15, 0.2) is 5.16 Å². The minimum atomic E-state index is -0.347. The summed E-state index contributed by atoms with van der Waals surface area (Å²) in [6.45, 7) is 5.66. The van der Waals surface area contributed by atoms with Crippen molar-refractivity contribution in [3.8, 4) is 11.1 Å². The highest BCUT2D eigenvalue weighted by molar-refractivity contribution is 7.98. The standard InChI is InChI=1S/C23H20FN5OS/c1-12-21(14(3)30-28-12)15-10-19-16(9-17(15)24)22-20(11-26-19)27-23(31-4)29(22)13(2)18-7-5-6-8-25-18/h5-11,13H,1-4H3/t13-/m1/s1. The maximum absolute atomic E-state index is 15.4. The smallest absolute Gasteiger partial charge is 0.169 e. The van der Waals surface area contributed by atoms with Crippen LogP contribution in [0.5, 0.6) is 0 Å². The molecule has 0 amide bonds. The van der Waals surface area contributed by atoms with Crippen molar-refractivity contribution >= 4 is 33.7 Å². The molecule has 0 unspecified atom stereocenters. The first-order chi connectivity index (χ1) is 15.0. The first kappa shape index (κ1) is 19.7. The quantitative estimate of drug-likeness (QED) is 0.338. The molecule has 0 N–H and O–H groups in total. The fraction of sp³-hybridized carbons (Fsp3) is 0.217. The Morgan fingerprint density at radius 2 is 1.97 bits per heavy atom. The molecule has 0 spiro atoms. The zero-order valence-corrected chi connectivity index (χ0v) is 18.4. The van der Waals surface area contributed by atoms with Gasteiger partial charge in [-0.15, -0.1) is 0 Å². The first-order valence-electron chi connectivity index (χ1n) is 9.88. The molecule has 8 heteroatoms. The predicted octanol–water partition coefficient (Wildman–Crippen LogP) is 5.72. The molecule has 4 aromatic heterocycles. The lowest BCUT2D eigenvalue weighted by atomic mass is 10.0. The minimum Gasteiger partial charge on any atom is -0.361 e. The highest BCUT2D eigenvalue weighted by atomic mass is 32.2. The van der Waals surface area contributed by atoms with Crippen LogP contribution in [0.15, 0.2) is 52.4 Å². The monoisotopic (exact) mass is 433 g/mol. The molecule has 0 bridgehead atoms. The maximum Gasteiger partial charge on any atom is 0.169 e. The van der Waals surface area contributed by atoms with Crippen molar-refractivity contribution < 1.29 is 8.91 Å². The van der Waals surface area contributed by atoms with Crippen LogP contribution in [-0.2, 0) is 0 Å². The largest absolute Gasteiger partial charge is 0.361 e. The van der Waals surface area contributed by atoms with E-state index in [0.717, 1.165) is 21.9 Å². The fourth-order valence-corrected chi connectivity index (χ4v) is 4.73. The van der Waals surface area contributed by atoms with Crippen LogP contribution in [0.25, 0.3) is 33.1 Å². The number of aryl methyl sites for hydroxylation is 2. The zero-order valence-electron chi connectivity index (χ0n) is 17.5. The van der Waals surface area contributed by atoms with Gasteiger partial charge in [0.1, 0.15) is 17.1 Å². The number of imidazole rings is 1. The number of hydrogen-bond acceptors (Lipinski definition) is 6. The van der Waals surface area contributed by atoms with Gasteiger partial charge in [-0.2, -0.15) is 0 Å². The molecule has 0 aliphatic carbocycles. The molecule has 6 nitrogen and oxygen atoms in total. The predicted molar refractivity (Wildman–Crippen MR) is 120 cm³/mol. The van der Waals surface area contributed by atoms with Crippen LogP contribution < -0.4 is 0 Å². The van der Waals surface area contributed by atoms with E-state index in [4.69, 9.17) is 9.51 Å². The molecule has 4 heterocycles. The van der Waals surface area contributed by atoms with E-state index in [2.05, 4.69) is 26.6 Å². The summed E-state index contributed by atoms with van der Waals surface area (Å²) in [7, 11) is 0. The van der Waals surface area contributed by atoms with Crippen molar-refractivity contribution in [3.05, 3.63) is 65.7 Å². The van der Waals surface area contributed by atoms with E-state index in [0.29, 0.717) is 33.5 Å². The summed E-state index contributed by atoms with van der Waals surface area (Å²) in [6, 6.07) is 9.07. The van der Waals surface area contributed by atoms with Crippen LogP contribution in [-0.4, -0.2) is 30.9 Å². The van der Waals surface area contributed by atoms with E-state index in [9.17, 15) is 0 Å². The summed E-state index contributed by atoms with van der Waals surface area (Å²) < 4.78 is 22.7. The van der Waals surface area contributed by atoms with E-state index in [1.54, 1.807) is 50.1 Å². The Morgan fingerprint density at radius 1 is 1.13 bits per heavy atom. The number of nitrogens with zero attached hydrogens (tertiary/aromatic N) is 5. The fourth-order valence-electron chi connectivity index (χ4n) is 4.09. The Balaban J connectivity index is 1.80. The third-order valence-electron chi connectivity index (χ3n) is 5.56. The molecule has 1 atom stereocenters. The maximum atomic E-state index is 15.4. The second kappa shape index (κ2) is 7.46. The van der Waals surface area contributed by atoms with Gasteiger partial charge in [-0.05, 0) is 51.3 Å². The van der Waals surface area contributed by atoms with Gasteiger partial charge in [0, 0.05) is 17.1 Å². The third-order valence-corrected chi connectivity index (χ3v) is 6.21. The SMILES string of the molecule is CSc1nc2cnc3cc(-c4c(C)noc4C)c(F)cc3c2n1[C@H](C)c1ccccn1. The molecule has 0 aliphatic rings. The lowest BCUT2D eigenvalue weighted by molar-refractivity contribution is 0.393. The van der Waals surface area contributed by atoms with Crippen molar-refractivity contribution in [3.63, 3.8) is 0 Å². The molecule has 0 saturated heterocycles. The lowest BCUT2D eigenvalue weighted by Gasteiger charge is -2.17. The molecule has 0 saturated carbocycles. The van der Waals surface area contributed by atoms with Crippen molar-refractivity contribution in [2.24, 2.45) is 0 Å². The summed E-state index contributed by atoms with van der Waals surface area (Å²) in [5.41, 5.74) is 4.92. The van der Waals surface area contributed by atoms with E-state index in [1.807, 2.05) is 24.5 Å². The molecule has 5 rings (SSSR count). The average molecular weight is 434 g/mol. The van der Waals surface area contributed by atoms with Crippen LogP contribution in [0, 0.1) is 19.7 Å². The topological polar surface area (TPSA) is 69.6 Å². The number of halogens is 1. The van der Waals surface area contributed by atoms with E-state index in [-0.39, 0.29) is 11.9 Å². The minimum absolute atomic E-state index is 0.0791. The summed E-state index contributed by atoms with van der Waals surface area (Å²) in [5, 5.41) is 5.50. The van der Waals surface area contributed by atoms with Crippen molar-refractivity contribution in [2.75, 3.05) is 6.26 Å². The van der Waals surface area contributed by atoms with Crippen molar-refractivity contribution in [1.29, 1.82) is 0 Å². The molecular weight excluding hydrogens is 413 g/mol. The number of thioether (sulfide) groups is 1. The Morgan fingerprint density at radius 3 is 2.65 bits per heavy atom. The molecule has 1 aromatic carbocycles. The highest BCUT2D eigenvalue weighted by Gasteiger charge is 2.22. The second-order valence-electron chi connectivity index (χ2n) is 7.44. The van der Waals surface area contributed by atoms with Gasteiger partial charge in [-0.3, -0.25) is 9.97 Å². The summed E-state index contributed by atoms with van der Waals surface area (Å²) >= 11 is 1.54. The summed E-state index contributed by atoms with van der Waals surface area (Å²) in [4.78, 5) is 13.8. The van der Waals surface area contributed by atoms with Crippen LogP contribution in [0.3, 0.4) is 0 Å². The van der Waals surface area contributed by atoms with E-state index in [1.165, 1.54) is 0 Å². The Kier molecular flexibility index (Phi) is 4.74. The highest BCUT2D eigenvalue weighted by Crippen LogP contribution is 2.37. The van der Waals surface area contributed by atoms with E-state index >= 15 is 4.39 Å². The molecule has 0 fully saturated rings. The Hall–Kier alpha value is -3.26. The number of fused-ring (bicyclic) bond motifs is 3. The molecule has 0 aliphatic heterocycles. The number of rotatable bonds is 4. The Bertz CT molecular complexity index is 1410. The third kappa shape index (κ3) is 3.09. The van der Waals surface area contributed by atoms with Crippen LogP contribution in [0.1, 0.15) is 30.1 Å². The number of pyridine rings is 2.